The van der Waals surface area contributed by atoms with Crippen LogP contribution >= 0.6 is 0 Å². The van der Waals surface area contributed by atoms with Gasteiger partial charge in [0.25, 0.3) is 0 Å². The number of hydrogen-bond donors (Lipinski definition) is 1. The number of rotatable bonds is 4. The second-order valence-electron chi connectivity index (χ2n) is 6.36. The number of aromatic nitrogens is 4. The highest BCUT2D eigenvalue weighted by Crippen LogP contribution is 2.28. The van der Waals surface area contributed by atoms with Crippen LogP contribution in [0.4, 0.5) is 5.95 Å². The van der Waals surface area contributed by atoms with Crippen LogP contribution in [0.1, 0.15) is 48.3 Å². The van der Waals surface area contributed by atoms with Gasteiger partial charge in [-0.3, -0.25) is 9.58 Å². The summed E-state index contributed by atoms with van der Waals surface area (Å²) in [7, 11) is 0. The average molecular weight is 314 g/mol. The molecule has 0 aliphatic carbocycles. The molecule has 1 saturated heterocycles. The number of likely N-dealkylation sites (tertiary alicyclic amines) is 1. The molecule has 1 aliphatic rings. The lowest BCUT2D eigenvalue weighted by Crippen LogP contribution is -2.33. The van der Waals surface area contributed by atoms with Crippen LogP contribution in [0.3, 0.4) is 0 Å². The van der Waals surface area contributed by atoms with Crippen molar-refractivity contribution in [3.8, 4) is 0 Å². The summed E-state index contributed by atoms with van der Waals surface area (Å²) in [6, 6.07) is 2.00. The number of nitrogen functional groups attached to an aromatic ring is 1. The summed E-state index contributed by atoms with van der Waals surface area (Å²) in [6.45, 7) is 10.5. The molecule has 0 atom stereocenters. The number of piperidine rings is 1. The number of nitrogens with zero attached hydrogens (tertiary/aromatic N) is 5. The second-order valence-corrected chi connectivity index (χ2v) is 6.36. The van der Waals surface area contributed by atoms with E-state index in [9.17, 15) is 0 Å². The predicted octanol–water partition coefficient (Wildman–Crippen LogP) is 2.27. The van der Waals surface area contributed by atoms with Crippen molar-refractivity contribution in [2.24, 2.45) is 0 Å². The molecule has 0 aromatic carbocycles. The fraction of sp³-hybridized carbons (Fsp3) is 0.588. The van der Waals surface area contributed by atoms with Gasteiger partial charge in [0.15, 0.2) is 0 Å². The third kappa shape index (κ3) is 3.37. The van der Waals surface area contributed by atoms with Crippen molar-refractivity contribution >= 4 is 5.95 Å². The maximum Gasteiger partial charge on any atom is 0.220 e. The van der Waals surface area contributed by atoms with Crippen molar-refractivity contribution in [3.05, 3.63) is 34.9 Å². The van der Waals surface area contributed by atoms with Crippen LogP contribution in [0.15, 0.2) is 12.3 Å². The van der Waals surface area contributed by atoms with Crippen LogP contribution in [-0.4, -0.2) is 37.7 Å². The van der Waals surface area contributed by atoms with Gasteiger partial charge in [-0.2, -0.15) is 5.10 Å². The summed E-state index contributed by atoms with van der Waals surface area (Å²) in [6.07, 6.45) is 4.00. The van der Waals surface area contributed by atoms with Crippen molar-refractivity contribution in [3.63, 3.8) is 0 Å². The summed E-state index contributed by atoms with van der Waals surface area (Å²) in [5, 5.41) is 4.63. The first-order valence-electron chi connectivity index (χ1n) is 8.42. The normalized spacial score (nSPS) is 16.8. The third-order valence-electron chi connectivity index (χ3n) is 4.91. The van der Waals surface area contributed by atoms with E-state index in [0.29, 0.717) is 11.9 Å². The minimum Gasteiger partial charge on any atom is -0.368 e. The van der Waals surface area contributed by atoms with Crippen molar-refractivity contribution in [2.45, 2.75) is 52.6 Å². The fourth-order valence-corrected chi connectivity index (χ4v) is 3.50. The Balaban J connectivity index is 1.62. The van der Waals surface area contributed by atoms with E-state index in [0.717, 1.165) is 50.4 Å². The first kappa shape index (κ1) is 15.9. The summed E-state index contributed by atoms with van der Waals surface area (Å²) in [5.74, 6) is 0.875. The van der Waals surface area contributed by atoms with E-state index >= 15 is 0 Å². The summed E-state index contributed by atoms with van der Waals surface area (Å²) >= 11 is 0. The Kier molecular flexibility index (Phi) is 4.61. The van der Waals surface area contributed by atoms with Gasteiger partial charge >= 0.3 is 0 Å². The van der Waals surface area contributed by atoms with E-state index in [-0.39, 0.29) is 0 Å². The van der Waals surface area contributed by atoms with E-state index in [1.54, 1.807) is 6.20 Å². The molecule has 2 aromatic heterocycles. The topological polar surface area (TPSA) is 72.9 Å². The zero-order valence-corrected chi connectivity index (χ0v) is 14.3. The van der Waals surface area contributed by atoms with Crippen LogP contribution in [0.5, 0.6) is 0 Å². The van der Waals surface area contributed by atoms with Gasteiger partial charge in [-0.1, -0.05) is 0 Å². The molecule has 23 heavy (non-hydrogen) atoms. The molecular formula is C17H26N6. The number of aryl methyl sites for hydroxylation is 2. The average Bonchev–Trinajstić information content (AvgIpc) is 2.83. The van der Waals surface area contributed by atoms with E-state index in [2.05, 4.69) is 45.4 Å². The molecule has 3 rings (SSSR count). The molecule has 1 fully saturated rings. The minimum absolute atomic E-state index is 0.378. The predicted molar refractivity (Wildman–Crippen MR) is 91.1 cm³/mol. The Morgan fingerprint density at radius 3 is 2.61 bits per heavy atom. The zero-order valence-electron chi connectivity index (χ0n) is 14.3. The van der Waals surface area contributed by atoms with Crippen molar-refractivity contribution in [1.29, 1.82) is 0 Å². The molecule has 0 saturated carbocycles. The molecule has 1 aliphatic heterocycles. The number of hydrogen-bond acceptors (Lipinski definition) is 5. The van der Waals surface area contributed by atoms with E-state index in [4.69, 9.17) is 5.73 Å². The van der Waals surface area contributed by atoms with Crippen LogP contribution in [0, 0.1) is 13.8 Å². The van der Waals surface area contributed by atoms with Crippen LogP contribution in [-0.2, 0) is 13.1 Å². The molecule has 0 spiro atoms. The van der Waals surface area contributed by atoms with Crippen LogP contribution in [0.25, 0.3) is 0 Å². The highest BCUT2D eigenvalue weighted by Gasteiger charge is 2.23. The van der Waals surface area contributed by atoms with Gasteiger partial charge in [-0.25, -0.2) is 9.97 Å². The summed E-state index contributed by atoms with van der Waals surface area (Å²) in [5.41, 5.74) is 10.6. The number of anilines is 1. The fourth-order valence-electron chi connectivity index (χ4n) is 3.50. The molecule has 0 amide bonds. The summed E-state index contributed by atoms with van der Waals surface area (Å²) in [4.78, 5) is 10.9. The maximum absolute atomic E-state index is 5.70. The lowest BCUT2D eigenvalue weighted by Gasteiger charge is -2.31. The van der Waals surface area contributed by atoms with Crippen LogP contribution < -0.4 is 5.73 Å². The number of nitrogens with two attached hydrogens (primary N) is 1. The lowest BCUT2D eigenvalue weighted by atomic mass is 9.93. The molecule has 2 N–H and O–H groups in total. The second kappa shape index (κ2) is 6.66. The summed E-state index contributed by atoms with van der Waals surface area (Å²) < 4.78 is 2.10. The van der Waals surface area contributed by atoms with Gasteiger partial charge < -0.3 is 5.73 Å². The van der Waals surface area contributed by atoms with Gasteiger partial charge in [-0.05, 0) is 52.8 Å². The van der Waals surface area contributed by atoms with E-state index < -0.39 is 0 Å². The molecule has 0 bridgehead atoms. The Morgan fingerprint density at radius 1 is 1.26 bits per heavy atom. The SMILES string of the molecule is CCn1nc(C)c(CN2CCC(c3ccnc(N)n3)CC2)c1C. The molecule has 3 heterocycles. The highest BCUT2D eigenvalue weighted by molar-refractivity contribution is 5.25. The van der Waals surface area contributed by atoms with Gasteiger partial charge in [0.1, 0.15) is 0 Å². The lowest BCUT2D eigenvalue weighted by molar-refractivity contribution is 0.202. The van der Waals surface area contributed by atoms with Crippen molar-refractivity contribution < 1.29 is 0 Å². The Bertz CT molecular complexity index is 670. The molecule has 6 nitrogen and oxygen atoms in total. The zero-order chi connectivity index (χ0) is 16.4. The first-order chi connectivity index (χ1) is 11.1. The third-order valence-corrected chi connectivity index (χ3v) is 4.91. The smallest absolute Gasteiger partial charge is 0.220 e. The first-order valence-corrected chi connectivity index (χ1v) is 8.42. The Hall–Kier alpha value is -1.95. The van der Waals surface area contributed by atoms with Crippen LogP contribution in [0.2, 0.25) is 0 Å². The van der Waals surface area contributed by atoms with Gasteiger partial charge in [0.2, 0.25) is 5.95 Å². The standard InChI is InChI=1S/C17H26N6/c1-4-23-13(3)15(12(2)21-23)11-22-9-6-14(7-10-22)16-5-8-19-17(18)20-16/h5,8,14H,4,6-7,9-11H2,1-3H3,(H2,18,19,20). The molecular weight excluding hydrogens is 288 g/mol. The molecule has 0 unspecified atom stereocenters. The van der Waals surface area contributed by atoms with E-state index in [1.807, 2.05) is 6.07 Å². The molecule has 124 valence electrons. The maximum atomic E-state index is 5.70. The Morgan fingerprint density at radius 2 is 2.00 bits per heavy atom. The van der Waals surface area contributed by atoms with Crippen molar-refractivity contribution in [1.82, 2.24) is 24.6 Å². The molecule has 6 heteroatoms. The van der Waals surface area contributed by atoms with Crippen molar-refractivity contribution in [2.75, 3.05) is 18.8 Å². The quantitative estimate of drug-likeness (QED) is 0.937. The largest absolute Gasteiger partial charge is 0.368 e. The highest BCUT2D eigenvalue weighted by atomic mass is 15.3. The monoisotopic (exact) mass is 314 g/mol. The molecule has 2 aromatic rings. The Labute approximate surface area is 137 Å². The minimum atomic E-state index is 0.378. The van der Waals surface area contributed by atoms with E-state index in [1.165, 1.54) is 11.3 Å². The van der Waals surface area contributed by atoms with Gasteiger partial charge in [0, 0.05) is 42.2 Å². The molecule has 0 radical (unpaired) electrons. The van der Waals surface area contributed by atoms with Gasteiger partial charge in [0.05, 0.1) is 5.69 Å². The van der Waals surface area contributed by atoms with Gasteiger partial charge in [-0.15, -0.1) is 0 Å².